The van der Waals surface area contributed by atoms with Crippen molar-refractivity contribution in [2.45, 2.75) is 6.42 Å². The third-order valence-electron chi connectivity index (χ3n) is 3.16. The van der Waals surface area contributed by atoms with Gasteiger partial charge in [0.2, 0.25) is 5.91 Å². The number of primary amides is 1. The Morgan fingerprint density at radius 1 is 1.48 bits per heavy atom. The molecule has 5 nitrogen and oxygen atoms in total. The molecule has 118 valence electrons. The Hall–Kier alpha value is -3.08. The molecule has 1 aromatic carbocycles. The average molecular weight is 308 g/mol. The van der Waals surface area contributed by atoms with E-state index in [1.165, 1.54) is 0 Å². The average Bonchev–Trinajstić information content (AvgIpc) is 2.58. The number of rotatable bonds is 7. The minimum absolute atomic E-state index is 0.444. The van der Waals surface area contributed by atoms with Gasteiger partial charge < -0.3 is 16.4 Å². The second-order valence-electron chi connectivity index (χ2n) is 4.88. The minimum Gasteiger partial charge on any atom is -0.384 e. The second-order valence-corrected chi connectivity index (χ2v) is 4.88. The predicted octanol–water partition coefficient (Wildman–Crippen LogP) is 2.73. The molecule has 1 aliphatic rings. The van der Waals surface area contributed by atoms with Crippen LogP contribution in [0, 0.1) is 0 Å². The highest BCUT2D eigenvalue weighted by Gasteiger charge is 2.03. The number of hydrogen-bond acceptors (Lipinski definition) is 4. The van der Waals surface area contributed by atoms with Gasteiger partial charge in [0.1, 0.15) is 0 Å². The van der Waals surface area contributed by atoms with E-state index in [-0.39, 0.29) is 0 Å². The molecule has 5 heteroatoms. The highest BCUT2D eigenvalue weighted by molar-refractivity contribution is 5.93. The summed E-state index contributed by atoms with van der Waals surface area (Å²) >= 11 is 0. The highest BCUT2D eigenvalue weighted by atomic mass is 16.1. The summed E-state index contributed by atoms with van der Waals surface area (Å²) in [5.41, 5.74) is 8.50. The van der Waals surface area contributed by atoms with Gasteiger partial charge in [0.25, 0.3) is 0 Å². The number of carbonyl (C=O) groups is 1. The number of anilines is 1. The van der Waals surface area contributed by atoms with Crippen LogP contribution in [0.3, 0.4) is 0 Å². The standard InChI is InChI=1S/C18H20N4O/c1-2-5-14(17-13-20-10-11-22-17)7-4-9-21-16-8-3-6-15(12-16)18(19)23/h2-4,6-9,11-13,20-21H,1,5,10H2,(H2,19,23)/b9-4+,14-7+. The Bertz CT molecular complexity index is 699. The van der Waals surface area contributed by atoms with Crippen LogP contribution in [-0.2, 0) is 0 Å². The molecule has 1 aliphatic heterocycles. The van der Waals surface area contributed by atoms with Crippen LogP contribution in [0.2, 0.25) is 0 Å². The van der Waals surface area contributed by atoms with Gasteiger partial charge in [-0.15, -0.1) is 6.58 Å². The van der Waals surface area contributed by atoms with Crippen LogP contribution in [-0.4, -0.2) is 18.7 Å². The van der Waals surface area contributed by atoms with E-state index < -0.39 is 5.91 Å². The van der Waals surface area contributed by atoms with E-state index in [0.29, 0.717) is 5.56 Å². The predicted molar refractivity (Wildman–Crippen MR) is 95.2 cm³/mol. The lowest BCUT2D eigenvalue weighted by atomic mass is 10.1. The lowest BCUT2D eigenvalue weighted by Gasteiger charge is -2.09. The smallest absolute Gasteiger partial charge is 0.248 e. The van der Waals surface area contributed by atoms with Crippen molar-refractivity contribution in [2.75, 3.05) is 11.9 Å². The van der Waals surface area contributed by atoms with Gasteiger partial charge in [0.15, 0.2) is 0 Å². The van der Waals surface area contributed by atoms with Gasteiger partial charge >= 0.3 is 0 Å². The largest absolute Gasteiger partial charge is 0.384 e. The Balaban J connectivity index is 2.04. The van der Waals surface area contributed by atoms with Crippen LogP contribution in [0.15, 0.2) is 77.7 Å². The van der Waals surface area contributed by atoms with Crippen molar-refractivity contribution in [3.05, 3.63) is 78.3 Å². The summed E-state index contributed by atoms with van der Waals surface area (Å²) in [6, 6.07) is 7.03. The second kappa shape index (κ2) is 8.38. The Kier molecular flexibility index (Phi) is 5.94. The van der Waals surface area contributed by atoms with E-state index in [9.17, 15) is 4.79 Å². The number of allylic oxidation sites excluding steroid dienone is 4. The van der Waals surface area contributed by atoms with Gasteiger partial charge in [-0.05, 0) is 36.3 Å². The first kappa shape index (κ1) is 16.3. The molecule has 1 amide bonds. The molecule has 1 aromatic rings. The molecule has 4 N–H and O–H groups in total. The number of nitrogens with zero attached hydrogens (tertiary/aromatic N) is 1. The van der Waals surface area contributed by atoms with Gasteiger partial charge in [0.05, 0.1) is 5.70 Å². The van der Waals surface area contributed by atoms with E-state index in [1.807, 2.05) is 36.7 Å². The molecule has 0 unspecified atom stereocenters. The summed E-state index contributed by atoms with van der Waals surface area (Å²) in [5.74, 6) is -0.444. The molecule has 0 atom stereocenters. The molecule has 23 heavy (non-hydrogen) atoms. The van der Waals surface area contributed by atoms with Crippen LogP contribution in [0.25, 0.3) is 0 Å². The zero-order valence-corrected chi connectivity index (χ0v) is 12.8. The summed E-state index contributed by atoms with van der Waals surface area (Å²) in [4.78, 5) is 15.5. The van der Waals surface area contributed by atoms with Gasteiger partial charge in [-0.1, -0.05) is 18.2 Å². The lowest BCUT2D eigenvalue weighted by molar-refractivity contribution is 0.100. The molecule has 0 aromatic heterocycles. The summed E-state index contributed by atoms with van der Waals surface area (Å²) in [5, 5.41) is 6.24. The van der Waals surface area contributed by atoms with Gasteiger partial charge in [0, 0.05) is 36.4 Å². The molecule has 1 heterocycles. The number of aliphatic imine (C=N–C) groups is 1. The summed E-state index contributed by atoms with van der Waals surface area (Å²) in [7, 11) is 0. The number of benzene rings is 1. The Morgan fingerprint density at radius 2 is 2.35 bits per heavy atom. The normalized spacial score (nSPS) is 14.3. The fourth-order valence-corrected chi connectivity index (χ4v) is 2.05. The molecular weight excluding hydrogens is 288 g/mol. The van der Waals surface area contributed by atoms with Crippen molar-refractivity contribution in [3.63, 3.8) is 0 Å². The maximum Gasteiger partial charge on any atom is 0.248 e. The number of hydrogen-bond donors (Lipinski definition) is 3. The molecule has 0 radical (unpaired) electrons. The number of nitrogens with two attached hydrogens (primary N) is 1. The van der Waals surface area contributed by atoms with Gasteiger partial charge in [-0.2, -0.15) is 0 Å². The van der Waals surface area contributed by atoms with Crippen molar-refractivity contribution in [2.24, 2.45) is 10.7 Å². The summed E-state index contributed by atoms with van der Waals surface area (Å²) < 4.78 is 0. The van der Waals surface area contributed by atoms with E-state index in [4.69, 9.17) is 5.73 Å². The van der Waals surface area contributed by atoms with Gasteiger partial charge in [-0.25, -0.2) is 0 Å². The Morgan fingerprint density at radius 3 is 3.04 bits per heavy atom. The monoisotopic (exact) mass is 308 g/mol. The zero-order chi connectivity index (χ0) is 16.5. The number of nitrogens with one attached hydrogen (secondary N) is 2. The summed E-state index contributed by atoms with van der Waals surface area (Å²) in [6.45, 7) is 4.52. The Labute approximate surface area is 136 Å². The third kappa shape index (κ3) is 5.00. The number of carbonyl (C=O) groups excluding carboxylic acids is 1. The third-order valence-corrected chi connectivity index (χ3v) is 3.16. The first-order chi connectivity index (χ1) is 11.2. The van der Waals surface area contributed by atoms with Crippen molar-refractivity contribution in [3.8, 4) is 0 Å². The molecule has 0 bridgehead atoms. The fraction of sp³-hybridized carbons (Fsp3) is 0.111. The molecule has 0 spiro atoms. The van der Waals surface area contributed by atoms with Crippen LogP contribution in [0.1, 0.15) is 16.8 Å². The van der Waals surface area contributed by atoms with E-state index in [0.717, 1.165) is 29.9 Å². The SMILES string of the molecule is C=CC/C(=C\C=C\Nc1cccc(C(N)=O)c1)C1=CNCC=N1. The molecule has 0 aliphatic carbocycles. The topological polar surface area (TPSA) is 79.5 Å². The first-order valence-corrected chi connectivity index (χ1v) is 7.30. The van der Waals surface area contributed by atoms with Crippen molar-refractivity contribution < 1.29 is 4.79 Å². The van der Waals surface area contributed by atoms with Crippen molar-refractivity contribution >= 4 is 17.8 Å². The van der Waals surface area contributed by atoms with E-state index >= 15 is 0 Å². The first-order valence-electron chi connectivity index (χ1n) is 7.30. The lowest BCUT2D eigenvalue weighted by Crippen LogP contribution is -2.13. The minimum atomic E-state index is -0.444. The molecule has 0 saturated heterocycles. The number of amides is 1. The van der Waals surface area contributed by atoms with Crippen LogP contribution in [0.4, 0.5) is 5.69 Å². The van der Waals surface area contributed by atoms with Gasteiger partial charge in [-0.3, -0.25) is 9.79 Å². The highest BCUT2D eigenvalue weighted by Crippen LogP contribution is 2.17. The van der Waals surface area contributed by atoms with Crippen LogP contribution < -0.4 is 16.4 Å². The molecule has 0 fully saturated rings. The summed E-state index contributed by atoms with van der Waals surface area (Å²) in [6.07, 6.45) is 12.0. The van der Waals surface area contributed by atoms with E-state index in [1.54, 1.807) is 24.4 Å². The quantitative estimate of drug-likeness (QED) is 0.535. The molecule has 2 rings (SSSR count). The fourth-order valence-electron chi connectivity index (χ4n) is 2.05. The molecule has 0 saturated carbocycles. The maximum absolute atomic E-state index is 11.2. The van der Waals surface area contributed by atoms with Crippen molar-refractivity contribution in [1.29, 1.82) is 0 Å². The van der Waals surface area contributed by atoms with Crippen molar-refractivity contribution in [1.82, 2.24) is 5.32 Å². The zero-order valence-electron chi connectivity index (χ0n) is 12.8. The van der Waals surface area contributed by atoms with Crippen LogP contribution >= 0.6 is 0 Å². The van der Waals surface area contributed by atoms with Crippen LogP contribution in [0.5, 0.6) is 0 Å². The van der Waals surface area contributed by atoms with E-state index in [2.05, 4.69) is 22.2 Å². The molecular formula is C18H20N4O. The maximum atomic E-state index is 11.2.